The van der Waals surface area contributed by atoms with Crippen molar-refractivity contribution in [1.82, 2.24) is 0 Å². The molecule has 3 nitrogen and oxygen atoms in total. The molecule has 1 aromatic carbocycles. The van der Waals surface area contributed by atoms with Crippen molar-refractivity contribution in [2.75, 3.05) is 5.32 Å². The number of amides is 1. The second-order valence-corrected chi connectivity index (χ2v) is 5.91. The zero-order valence-electron chi connectivity index (χ0n) is 11.6. The number of rotatable bonds is 3. The molecule has 6 heteroatoms. The van der Waals surface area contributed by atoms with Gasteiger partial charge in [0, 0.05) is 11.8 Å². The highest BCUT2D eigenvalue weighted by atomic mass is 32.1. The zero-order valence-corrected chi connectivity index (χ0v) is 12.4. The quantitative estimate of drug-likeness (QED) is 0.663. The van der Waals surface area contributed by atoms with E-state index in [2.05, 4.69) is 5.32 Å². The first-order valence-electron chi connectivity index (χ1n) is 7.01. The Bertz CT molecular complexity index is 534. The maximum Gasteiger partial charge on any atom is 0.237 e. The SMILES string of the molecule is NC(=S)C1(C(=O)Nc2cc(F)cc(F)c2)CCCCCC1. The summed E-state index contributed by atoms with van der Waals surface area (Å²) < 4.78 is 26.4. The van der Waals surface area contributed by atoms with E-state index in [1.807, 2.05) is 0 Å². The molecule has 0 radical (unpaired) electrons. The minimum atomic E-state index is -0.922. The second-order valence-electron chi connectivity index (χ2n) is 5.47. The van der Waals surface area contributed by atoms with Gasteiger partial charge in [0.05, 0.1) is 10.4 Å². The van der Waals surface area contributed by atoms with E-state index in [1.165, 1.54) is 0 Å². The molecule has 0 saturated heterocycles. The number of hydrogen-bond acceptors (Lipinski definition) is 2. The van der Waals surface area contributed by atoms with Gasteiger partial charge in [0.15, 0.2) is 0 Å². The summed E-state index contributed by atoms with van der Waals surface area (Å²) in [4.78, 5) is 12.7. The molecule has 0 aromatic heterocycles. The molecule has 2 rings (SSSR count). The predicted molar refractivity (Wildman–Crippen MR) is 81.9 cm³/mol. The third-order valence-electron chi connectivity index (χ3n) is 3.98. The maximum absolute atomic E-state index is 13.2. The van der Waals surface area contributed by atoms with Gasteiger partial charge in [0.2, 0.25) is 5.91 Å². The van der Waals surface area contributed by atoms with Crippen molar-refractivity contribution in [3.05, 3.63) is 29.8 Å². The third-order valence-corrected chi connectivity index (χ3v) is 4.37. The van der Waals surface area contributed by atoms with Crippen LogP contribution in [0.1, 0.15) is 38.5 Å². The summed E-state index contributed by atoms with van der Waals surface area (Å²) in [7, 11) is 0. The van der Waals surface area contributed by atoms with E-state index in [4.69, 9.17) is 18.0 Å². The molecular weight excluding hydrogens is 294 g/mol. The van der Waals surface area contributed by atoms with Crippen LogP contribution in [0.5, 0.6) is 0 Å². The van der Waals surface area contributed by atoms with E-state index >= 15 is 0 Å². The van der Waals surface area contributed by atoms with Gasteiger partial charge in [-0.25, -0.2) is 8.78 Å². The second kappa shape index (κ2) is 6.47. The number of anilines is 1. The summed E-state index contributed by atoms with van der Waals surface area (Å²) in [5, 5.41) is 2.56. The molecule has 1 aliphatic rings. The van der Waals surface area contributed by atoms with E-state index in [-0.39, 0.29) is 16.6 Å². The number of nitrogens with two attached hydrogens (primary N) is 1. The number of benzene rings is 1. The summed E-state index contributed by atoms with van der Waals surface area (Å²) >= 11 is 5.10. The van der Waals surface area contributed by atoms with Gasteiger partial charge in [0.25, 0.3) is 0 Å². The molecule has 0 bridgehead atoms. The molecule has 0 aliphatic heterocycles. The van der Waals surface area contributed by atoms with Crippen molar-refractivity contribution in [2.45, 2.75) is 38.5 Å². The van der Waals surface area contributed by atoms with Gasteiger partial charge in [-0.15, -0.1) is 0 Å². The Balaban J connectivity index is 2.24. The van der Waals surface area contributed by atoms with Gasteiger partial charge in [-0.1, -0.05) is 37.9 Å². The van der Waals surface area contributed by atoms with E-state index in [0.29, 0.717) is 12.8 Å². The van der Waals surface area contributed by atoms with Crippen molar-refractivity contribution in [2.24, 2.45) is 11.1 Å². The molecule has 0 heterocycles. The Kier molecular flexibility index (Phi) is 4.88. The van der Waals surface area contributed by atoms with Crippen molar-refractivity contribution < 1.29 is 13.6 Å². The molecule has 1 fully saturated rings. The Morgan fingerprint density at radius 2 is 1.62 bits per heavy atom. The fraction of sp³-hybridized carbons (Fsp3) is 0.467. The van der Waals surface area contributed by atoms with E-state index in [0.717, 1.165) is 43.9 Å². The predicted octanol–water partition coefficient (Wildman–Crippen LogP) is 3.53. The lowest BCUT2D eigenvalue weighted by Gasteiger charge is -2.30. The monoisotopic (exact) mass is 312 g/mol. The highest BCUT2D eigenvalue weighted by molar-refractivity contribution is 7.80. The minimum Gasteiger partial charge on any atom is -0.392 e. The van der Waals surface area contributed by atoms with Gasteiger partial charge in [-0.2, -0.15) is 0 Å². The van der Waals surface area contributed by atoms with Gasteiger partial charge in [-0.05, 0) is 25.0 Å². The lowest BCUT2D eigenvalue weighted by molar-refractivity contribution is -0.122. The number of hydrogen-bond donors (Lipinski definition) is 2. The van der Waals surface area contributed by atoms with Gasteiger partial charge >= 0.3 is 0 Å². The average molecular weight is 312 g/mol. The molecule has 1 aromatic rings. The summed E-state index contributed by atoms with van der Waals surface area (Å²) in [6.07, 6.45) is 4.95. The number of thiocarbonyl (C=S) groups is 1. The van der Waals surface area contributed by atoms with E-state index < -0.39 is 17.0 Å². The number of carbonyl (C=O) groups excluding carboxylic acids is 1. The zero-order chi connectivity index (χ0) is 15.5. The van der Waals surface area contributed by atoms with Crippen molar-refractivity contribution in [1.29, 1.82) is 0 Å². The summed E-state index contributed by atoms with van der Waals surface area (Å²) in [5.41, 5.74) is 4.97. The molecule has 21 heavy (non-hydrogen) atoms. The highest BCUT2D eigenvalue weighted by Crippen LogP contribution is 2.36. The number of halogens is 2. The molecule has 1 saturated carbocycles. The molecule has 1 amide bonds. The van der Waals surface area contributed by atoms with Crippen LogP contribution in [0, 0.1) is 17.0 Å². The van der Waals surface area contributed by atoms with Gasteiger partial charge < -0.3 is 11.1 Å². The first-order chi connectivity index (χ1) is 9.94. The van der Waals surface area contributed by atoms with Crippen LogP contribution in [0.4, 0.5) is 14.5 Å². The number of carbonyl (C=O) groups is 1. The van der Waals surface area contributed by atoms with Crippen LogP contribution in [-0.2, 0) is 4.79 Å². The third kappa shape index (κ3) is 3.56. The molecule has 0 unspecified atom stereocenters. The molecule has 3 N–H and O–H groups in total. The Labute approximate surface area is 127 Å². The van der Waals surface area contributed by atoms with Crippen LogP contribution in [0.25, 0.3) is 0 Å². The first-order valence-corrected chi connectivity index (χ1v) is 7.42. The average Bonchev–Trinajstić information content (AvgIpc) is 2.63. The van der Waals surface area contributed by atoms with Crippen molar-refractivity contribution in [3.63, 3.8) is 0 Å². The van der Waals surface area contributed by atoms with E-state index in [1.54, 1.807) is 0 Å². The van der Waals surface area contributed by atoms with Crippen molar-refractivity contribution >= 4 is 28.8 Å². The lowest BCUT2D eigenvalue weighted by atomic mass is 9.79. The molecule has 114 valence electrons. The van der Waals surface area contributed by atoms with Crippen LogP contribution in [-0.4, -0.2) is 10.9 Å². The summed E-state index contributed by atoms with van der Waals surface area (Å²) in [6.45, 7) is 0. The van der Waals surface area contributed by atoms with Crippen LogP contribution in [0.3, 0.4) is 0 Å². The van der Waals surface area contributed by atoms with Crippen LogP contribution >= 0.6 is 12.2 Å². The summed E-state index contributed by atoms with van der Waals surface area (Å²) in [6, 6.07) is 2.90. The topological polar surface area (TPSA) is 55.1 Å². The Morgan fingerprint density at radius 1 is 1.10 bits per heavy atom. The fourth-order valence-electron chi connectivity index (χ4n) is 2.79. The fourth-order valence-corrected chi connectivity index (χ4v) is 3.09. The molecule has 0 atom stereocenters. The minimum absolute atomic E-state index is 0.0809. The Morgan fingerprint density at radius 3 is 2.10 bits per heavy atom. The normalized spacial score (nSPS) is 17.8. The van der Waals surface area contributed by atoms with Gasteiger partial charge in [0.1, 0.15) is 11.6 Å². The largest absolute Gasteiger partial charge is 0.392 e. The smallest absolute Gasteiger partial charge is 0.237 e. The lowest BCUT2D eigenvalue weighted by Crippen LogP contribution is -2.45. The standard InChI is InChI=1S/C15H18F2N2OS/c16-10-7-11(17)9-12(8-10)19-14(20)15(13(18)21)5-3-1-2-4-6-15/h7-9H,1-6H2,(H2,18,21)(H,19,20). The highest BCUT2D eigenvalue weighted by Gasteiger charge is 2.41. The van der Waals surface area contributed by atoms with Crippen LogP contribution in [0.15, 0.2) is 18.2 Å². The molecule has 0 spiro atoms. The maximum atomic E-state index is 13.2. The Hall–Kier alpha value is -1.56. The first kappa shape index (κ1) is 15.8. The van der Waals surface area contributed by atoms with Crippen molar-refractivity contribution in [3.8, 4) is 0 Å². The molecular formula is C15H18F2N2OS. The molecule has 1 aliphatic carbocycles. The van der Waals surface area contributed by atoms with E-state index in [9.17, 15) is 13.6 Å². The summed E-state index contributed by atoms with van der Waals surface area (Å²) in [5.74, 6) is -1.85. The van der Waals surface area contributed by atoms with Gasteiger partial charge in [-0.3, -0.25) is 4.79 Å². The number of nitrogens with one attached hydrogen (secondary N) is 1. The van der Waals surface area contributed by atoms with Crippen LogP contribution < -0.4 is 11.1 Å². The van der Waals surface area contributed by atoms with Crippen LogP contribution in [0.2, 0.25) is 0 Å².